The highest BCUT2D eigenvalue weighted by atomic mass is 79.9. The molecular formula is C16H11BrFN3O. The molecule has 2 aromatic carbocycles. The summed E-state index contributed by atoms with van der Waals surface area (Å²) in [5.74, 6) is -0.606. The summed E-state index contributed by atoms with van der Waals surface area (Å²) in [6.45, 7) is 0. The molecule has 4 nitrogen and oxygen atoms in total. The zero-order valence-electron chi connectivity index (χ0n) is 11.3. The van der Waals surface area contributed by atoms with E-state index < -0.39 is 0 Å². The van der Waals surface area contributed by atoms with Crippen LogP contribution < -0.4 is 5.32 Å². The number of amides is 1. The Bertz CT molecular complexity index is 814. The maximum atomic E-state index is 12.9. The minimum atomic E-state index is -0.313. The van der Waals surface area contributed by atoms with E-state index in [0.717, 1.165) is 10.0 Å². The van der Waals surface area contributed by atoms with Gasteiger partial charge in [-0.25, -0.2) is 4.39 Å². The van der Waals surface area contributed by atoms with Crippen molar-refractivity contribution in [1.82, 2.24) is 10.2 Å². The Morgan fingerprint density at radius 1 is 1.14 bits per heavy atom. The van der Waals surface area contributed by atoms with Crippen LogP contribution in [0.5, 0.6) is 0 Å². The Morgan fingerprint density at radius 2 is 1.91 bits per heavy atom. The highest BCUT2D eigenvalue weighted by Gasteiger charge is 2.11. The number of carbonyl (C=O) groups excluding carboxylic acids is 1. The first-order valence-electron chi connectivity index (χ1n) is 6.50. The van der Waals surface area contributed by atoms with Crippen molar-refractivity contribution in [2.45, 2.75) is 0 Å². The summed E-state index contributed by atoms with van der Waals surface area (Å²) in [4.78, 5) is 12.2. The molecule has 0 radical (unpaired) electrons. The Labute approximate surface area is 134 Å². The molecule has 2 N–H and O–H groups in total. The van der Waals surface area contributed by atoms with E-state index in [4.69, 9.17) is 0 Å². The van der Waals surface area contributed by atoms with Gasteiger partial charge < -0.3 is 5.32 Å². The second-order valence-electron chi connectivity index (χ2n) is 4.64. The lowest BCUT2D eigenvalue weighted by molar-refractivity contribution is 0.102. The Balaban J connectivity index is 1.78. The summed E-state index contributed by atoms with van der Waals surface area (Å²) in [6, 6.07) is 14.9. The van der Waals surface area contributed by atoms with Gasteiger partial charge >= 0.3 is 0 Å². The summed E-state index contributed by atoms with van der Waals surface area (Å²) in [6.07, 6.45) is 0. The standard InChI is InChI=1S/C16H11BrFN3O/c17-11-2-1-3-13(8-11)19-16(22)15-9-14(20-21-15)10-4-6-12(18)7-5-10/h1-9H,(H,19,22)(H,20,21). The second-order valence-corrected chi connectivity index (χ2v) is 5.55. The van der Waals surface area contributed by atoms with E-state index >= 15 is 0 Å². The van der Waals surface area contributed by atoms with Crippen molar-refractivity contribution in [2.75, 3.05) is 5.32 Å². The Morgan fingerprint density at radius 3 is 2.64 bits per heavy atom. The first-order valence-corrected chi connectivity index (χ1v) is 7.29. The number of benzene rings is 2. The third-order valence-corrected chi connectivity index (χ3v) is 3.54. The average molecular weight is 360 g/mol. The van der Waals surface area contributed by atoms with E-state index in [1.165, 1.54) is 12.1 Å². The first-order chi connectivity index (χ1) is 10.6. The molecule has 0 fully saturated rings. The van der Waals surface area contributed by atoms with Gasteiger partial charge in [0.25, 0.3) is 5.91 Å². The maximum absolute atomic E-state index is 12.9. The molecule has 0 saturated carbocycles. The molecular weight excluding hydrogens is 349 g/mol. The monoisotopic (exact) mass is 359 g/mol. The number of rotatable bonds is 3. The number of H-pyrrole nitrogens is 1. The SMILES string of the molecule is O=C(Nc1cccc(Br)c1)c1cc(-c2ccc(F)cc2)n[nH]1. The number of aromatic amines is 1. The molecule has 0 aliphatic carbocycles. The van der Waals surface area contributed by atoms with Gasteiger partial charge in [0.15, 0.2) is 0 Å². The topological polar surface area (TPSA) is 57.8 Å². The zero-order chi connectivity index (χ0) is 15.5. The van der Waals surface area contributed by atoms with Crippen molar-refractivity contribution in [1.29, 1.82) is 0 Å². The predicted octanol–water partition coefficient (Wildman–Crippen LogP) is 4.23. The highest BCUT2D eigenvalue weighted by Crippen LogP contribution is 2.19. The smallest absolute Gasteiger partial charge is 0.273 e. The van der Waals surface area contributed by atoms with Crippen molar-refractivity contribution in [3.05, 3.63) is 70.6 Å². The third kappa shape index (κ3) is 3.23. The molecule has 0 saturated heterocycles. The molecule has 6 heteroatoms. The summed E-state index contributed by atoms with van der Waals surface area (Å²) in [7, 11) is 0. The normalized spacial score (nSPS) is 10.5. The third-order valence-electron chi connectivity index (χ3n) is 3.04. The quantitative estimate of drug-likeness (QED) is 0.734. The summed E-state index contributed by atoms with van der Waals surface area (Å²) in [5, 5.41) is 9.54. The number of aromatic nitrogens is 2. The minimum absolute atomic E-state index is 0.293. The molecule has 22 heavy (non-hydrogen) atoms. The lowest BCUT2D eigenvalue weighted by Gasteiger charge is -2.03. The number of halogens is 2. The minimum Gasteiger partial charge on any atom is -0.321 e. The molecule has 0 aliphatic rings. The number of carbonyl (C=O) groups is 1. The van der Waals surface area contributed by atoms with Crippen LogP contribution in [0, 0.1) is 5.82 Å². The number of nitrogens with one attached hydrogen (secondary N) is 2. The number of hydrogen-bond donors (Lipinski definition) is 2. The van der Waals surface area contributed by atoms with Crippen LogP contribution in [0.1, 0.15) is 10.5 Å². The highest BCUT2D eigenvalue weighted by molar-refractivity contribution is 9.10. The number of hydrogen-bond acceptors (Lipinski definition) is 2. The fraction of sp³-hybridized carbons (Fsp3) is 0. The van der Waals surface area contributed by atoms with E-state index in [9.17, 15) is 9.18 Å². The van der Waals surface area contributed by atoms with E-state index in [0.29, 0.717) is 17.1 Å². The molecule has 0 atom stereocenters. The molecule has 110 valence electrons. The number of anilines is 1. The van der Waals surface area contributed by atoms with Gasteiger partial charge in [0.05, 0.1) is 5.69 Å². The van der Waals surface area contributed by atoms with Gasteiger partial charge in [-0.2, -0.15) is 5.10 Å². The number of nitrogens with zero attached hydrogens (tertiary/aromatic N) is 1. The Kier molecular flexibility index (Phi) is 4.02. The molecule has 0 unspecified atom stereocenters. The molecule has 3 aromatic rings. The predicted molar refractivity (Wildman–Crippen MR) is 86.1 cm³/mol. The zero-order valence-corrected chi connectivity index (χ0v) is 12.9. The Hall–Kier alpha value is -2.47. The van der Waals surface area contributed by atoms with E-state index in [-0.39, 0.29) is 11.7 Å². The van der Waals surface area contributed by atoms with Crippen LogP contribution in [0.25, 0.3) is 11.3 Å². The van der Waals surface area contributed by atoms with Crippen LogP contribution >= 0.6 is 15.9 Å². The molecule has 0 aliphatic heterocycles. The molecule has 1 amide bonds. The first kappa shape index (κ1) is 14.5. The van der Waals surface area contributed by atoms with Crippen LogP contribution in [-0.2, 0) is 0 Å². The van der Waals surface area contributed by atoms with Crippen LogP contribution in [0.15, 0.2) is 59.1 Å². The van der Waals surface area contributed by atoms with Gasteiger partial charge in [-0.15, -0.1) is 0 Å². The fourth-order valence-electron chi connectivity index (χ4n) is 1.97. The molecule has 1 aromatic heterocycles. The van der Waals surface area contributed by atoms with Gasteiger partial charge in [-0.3, -0.25) is 9.89 Å². The molecule has 3 rings (SSSR count). The molecule has 0 bridgehead atoms. The lowest BCUT2D eigenvalue weighted by Crippen LogP contribution is -2.12. The van der Waals surface area contributed by atoms with Crippen LogP contribution in [0.3, 0.4) is 0 Å². The van der Waals surface area contributed by atoms with E-state index in [2.05, 4.69) is 31.4 Å². The van der Waals surface area contributed by atoms with Gasteiger partial charge in [0.1, 0.15) is 11.5 Å². The van der Waals surface area contributed by atoms with Crippen LogP contribution in [0.2, 0.25) is 0 Å². The van der Waals surface area contributed by atoms with Crippen molar-refractivity contribution in [3.8, 4) is 11.3 Å². The molecule has 1 heterocycles. The van der Waals surface area contributed by atoms with Crippen LogP contribution in [0.4, 0.5) is 10.1 Å². The van der Waals surface area contributed by atoms with Crippen molar-refractivity contribution < 1.29 is 9.18 Å². The van der Waals surface area contributed by atoms with Crippen LogP contribution in [-0.4, -0.2) is 16.1 Å². The summed E-state index contributed by atoms with van der Waals surface area (Å²) >= 11 is 3.35. The van der Waals surface area contributed by atoms with Crippen molar-refractivity contribution in [3.63, 3.8) is 0 Å². The summed E-state index contributed by atoms with van der Waals surface area (Å²) in [5.41, 5.74) is 2.33. The largest absolute Gasteiger partial charge is 0.321 e. The second kappa shape index (κ2) is 6.11. The van der Waals surface area contributed by atoms with Gasteiger partial charge in [-0.05, 0) is 48.5 Å². The van der Waals surface area contributed by atoms with Gasteiger partial charge in [0, 0.05) is 15.7 Å². The fourth-order valence-corrected chi connectivity index (χ4v) is 2.37. The lowest BCUT2D eigenvalue weighted by atomic mass is 10.1. The van der Waals surface area contributed by atoms with E-state index in [1.807, 2.05) is 12.1 Å². The van der Waals surface area contributed by atoms with Gasteiger partial charge in [0.2, 0.25) is 0 Å². The summed E-state index contributed by atoms with van der Waals surface area (Å²) < 4.78 is 13.8. The average Bonchev–Trinajstić information content (AvgIpc) is 2.98. The van der Waals surface area contributed by atoms with E-state index in [1.54, 1.807) is 30.3 Å². The van der Waals surface area contributed by atoms with Gasteiger partial charge in [-0.1, -0.05) is 22.0 Å². The van der Waals surface area contributed by atoms with Crippen molar-refractivity contribution >= 4 is 27.5 Å². The maximum Gasteiger partial charge on any atom is 0.273 e. The van der Waals surface area contributed by atoms with Crippen molar-refractivity contribution in [2.24, 2.45) is 0 Å². The molecule has 0 spiro atoms.